The van der Waals surface area contributed by atoms with Gasteiger partial charge in [0.1, 0.15) is 11.6 Å². The summed E-state index contributed by atoms with van der Waals surface area (Å²) in [5.41, 5.74) is 0.496. The summed E-state index contributed by atoms with van der Waals surface area (Å²) in [4.78, 5) is 31.1. The molecule has 1 N–H and O–H groups in total. The number of aromatic nitrogens is 4. The molecule has 3 heterocycles. The van der Waals surface area contributed by atoms with Crippen LogP contribution in [-0.4, -0.2) is 32.7 Å². The van der Waals surface area contributed by atoms with Crippen molar-refractivity contribution in [1.82, 2.24) is 19.6 Å². The highest BCUT2D eigenvalue weighted by Crippen LogP contribution is 2.24. The zero-order chi connectivity index (χ0) is 16.4. The number of rotatable bonds is 4. The van der Waals surface area contributed by atoms with Crippen molar-refractivity contribution in [2.75, 3.05) is 7.11 Å². The first-order chi connectivity index (χ1) is 11.1. The molecule has 0 unspecified atom stereocenters. The number of hydrogen-bond acceptors (Lipinski definition) is 8. The van der Waals surface area contributed by atoms with Gasteiger partial charge in [-0.2, -0.15) is 14.9 Å². The number of H-pyrrole nitrogens is 1. The van der Waals surface area contributed by atoms with Crippen LogP contribution in [0.2, 0.25) is 0 Å². The number of carbonyl (C=O) groups is 1. The van der Waals surface area contributed by atoms with Gasteiger partial charge >= 0.3 is 11.7 Å². The van der Waals surface area contributed by atoms with Crippen LogP contribution in [0.3, 0.4) is 0 Å². The van der Waals surface area contributed by atoms with Crippen LogP contribution in [0.4, 0.5) is 0 Å². The summed E-state index contributed by atoms with van der Waals surface area (Å²) in [6.07, 6.45) is 1.30. The minimum Gasteiger partial charge on any atom is -0.465 e. The van der Waals surface area contributed by atoms with Crippen molar-refractivity contribution in [3.63, 3.8) is 0 Å². The quantitative estimate of drug-likeness (QED) is 0.561. The first kappa shape index (κ1) is 15.3. The van der Waals surface area contributed by atoms with Gasteiger partial charge in [-0.1, -0.05) is 11.8 Å². The molecule has 0 bridgehead atoms. The van der Waals surface area contributed by atoms with Crippen LogP contribution in [0.25, 0.3) is 5.65 Å². The van der Waals surface area contributed by atoms with E-state index in [-0.39, 0.29) is 17.2 Å². The Morgan fingerprint density at radius 2 is 2.43 bits per heavy atom. The number of carbonyl (C=O) groups excluding carboxylic acids is 1. The number of methoxy groups -OCH3 is 1. The fourth-order valence-electron chi connectivity index (χ4n) is 1.83. The van der Waals surface area contributed by atoms with Gasteiger partial charge in [-0.25, -0.2) is 14.6 Å². The van der Waals surface area contributed by atoms with Crippen LogP contribution in [0.5, 0.6) is 0 Å². The molecule has 0 atom stereocenters. The highest BCUT2D eigenvalue weighted by atomic mass is 32.2. The van der Waals surface area contributed by atoms with E-state index in [2.05, 4.69) is 19.8 Å². The molecule has 0 aliphatic rings. The number of nitriles is 1. The minimum absolute atomic E-state index is 0.222. The van der Waals surface area contributed by atoms with Crippen molar-refractivity contribution in [2.24, 2.45) is 0 Å². The molecule has 0 saturated carbocycles. The molecule has 0 fully saturated rings. The van der Waals surface area contributed by atoms with Crippen molar-refractivity contribution in [3.05, 3.63) is 44.1 Å². The summed E-state index contributed by atoms with van der Waals surface area (Å²) in [6, 6.07) is 3.68. The van der Waals surface area contributed by atoms with Crippen LogP contribution < -0.4 is 5.69 Å². The third-order valence-corrected chi connectivity index (χ3v) is 4.95. The third kappa shape index (κ3) is 2.96. The number of nitrogens with zero attached hydrogens (tertiary/aromatic N) is 4. The maximum atomic E-state index is 11.9. The lowest BCUT2D eigenvalue weighted by molar-refractivity contribution is 0.0601. The van der Waals surface area contributed by atoms with E-state index < -0.39 is 5.69 Å². The highest BCUT2D eigenvalue weighted by molar-refractivity contribution is 7.98. The summed E-state index contributed by atoms with van der Waals surface area (Å²) in [5, 5.41) is 14.9. The van der Waals surface area contributed by atoms with Crippen molar-refractivity contribution in [3.8, 4) is 6.07 Å². The van der Waals surface area contributed by atoms with Gasteiger partial charge in [0.15, 0.2) is 10.8 Å². The second-order valence-electron chi connectivity index (χ2n) is 4.33. The van der Waals surface area contributed by atoms with Gasteiger partial charge in [0.2, 0.25) is 0 Å². The van der Waals surface area contributed by atoms with Crippen molar-refractivity contribution in [2.45, 2.75) is 10.9 Å². The summed E-state index contributed by atoms with van der Waals surface area (Å²) >= 11 is 2.72. The van der Waals surface area contributed by atoms with Crippen LogP contribution >= 0.6 is 23.1 Å². The number of aromatic amines is 1. The van der Waals surface area contributed by atoms with Crippen molar-refractivity contribution in [1.29, 1.82) is 5.26 Å². The molecule has 10 heteroatoms. The lowest BCUT2D eigenvalue weighted by Gasteiger charge is -2.00. The Hall–Kier alpha value is -2.64. The van der Waals surface area contributed by atoms with E-state index in [1.165, 1.54) is 36.4 Å². The summed E-state index contributed by atoms with van der Waals surface area (Å²) in [6.45, 7) is 0. The molecule has 0 amide bonds. The fourth-order valence-corrected chi connectivity index (χ4v) is 3.59. The summed E-state index contributed by atoms with van der Waals surface area (Å²) in [5.74, 6) is 0.139. The number of thiophene rings is 1. The number of thioether (sulfide) groups is 1. The van der Waals surface area contributed by atoms with Gasteiger partial charge in [0.25, 0.3) is 0 Å². The van der Waals surface area contributed by atoms with Gasteiger partial charge in [0, 0.05) is 16.0 Å². The van der Waals surface area contributed by atoms with E-state index in [0.29, 0.717) is 16.5 Å². The molecule has 0 radical (unpaired) electrons. The first-order valence-electron chi connectivity index (χ1n) is 6.29. The molecule has 0 saturated heterocycles. The number of ether oxygens (including phenoxy) is 1. The van der Waals surface area contributed by atoms with Crippen LogP contribution in [0, 0.1) is 11.3 Å². The standard InChI is InChI=1S/C13H9N5O3S2/c1-21-11(19)7-2-9(22-5-7)6-23-12-16-10-8(3-14)4-15-18(10)13(20)17-12/h2,4-5H,6H2,1H3,(H,16,17,20). The predicted octanol–water partition coefficient (Wildman–Crippen LogP) is 1.43. The van der Waals surface area contributed by atoms with Gasteiger partial charge in [-0.15, -0.1) is 11.3 Å². The molecular weight excluding hydrogens is 338 g/mol. The van der Waals surface area contributed by atoms with E-state index >= 15 is 0 Å². The molecule has 23 heavy (non-hydrogen) atoms. The molecule has 3 aromatic heterocycles. The van der Waals surface area contributed by atoms with E-state index in [1.807, 2.05) is 6.07 Å². The second-order valence-corrected chi connectivity index (χ2v) is 6.29. The first-order valence-corrected chi connectivity index (χ1v) is 8.15. The Morgan fingerprint density at radius 1 is 1.61 bits per heavy atom. The van der Waals surface area contributed by atoms with E-state index in [0.717, 1.165) is 9.39 Å². The van der Waals surface area contributed by atoms with E-state index in [1.54, 1.807) is 11.4 Å². The normalized spacial score (nSPS) is 10.6. The Morgan fingerprint density at radius 3 is 3.17 bits per heavy atom. The zero-order valence-electron chi connectivity index (χ0n) is 11.8. The SMILES string of the molecule is COC(=O)c1csc(CSc2nc3c(C#N)cnn3c(=O)[nH]2)c1. The number of esters is 1. The molecule has 3 rings (SSSR count). The van der Waals surface area contributed by atoms with E-state index in [4.69, 9.17) is 5.26 Å². The highest BCUT2D eigenvalue weighted by Gasteiger charge is 2.12. The molecule has 0 aliphatic heterocycles. The number of fused-ring (bicyclic) bond motifs is 1. The van der Waals surface area contributed by atoms with Gasteiger partial charge in [-0.3, -0.25) is 4.98 Å². The average molecular weight is 347 g/mol. The predicted molar refractivity (Wildman–Crippen MR) is 83.5 cm³/mol. The molecule has 0 aliphatic carbocycles. The van der Waals surface area contributed by atoms with Crippen LogP contribution in [0.1, 0.15) is 20.8 Å². The maximum absolute atomic E-state index is 11.9. The molecule has 8 nitrogen and oxygen atoms in total. The van der Waals surface area contributed by atoms with E-state index in [9.17, 15) is 9.59 Å². The summed E-state index contributed by atoms with van der Waals surface area (Å²) < 4.78 is 5.70. The van der Waals surface area contributed by atoms with Crippen LogP contribution in [-0.2, 0) is 10.5 Å². The van der Waals surface area contributed by atoms with Gasteiger partial charge in [0.05, 0.1) is 18.9 Å². The van der Waals surface area contributed by atoms with Crippen molar-refractivity contribution >= 4 is 34.7 Å². The Labute approximate surface area is 137 Å². The molecule has 0 spiro atoms. The van der Waals surface area contributed by atoms with Crippen LogP contribution in [0.15, 0.2) is 27.6 Å². The number of hydrogen-bond donors (Lipinski definition) is 1. The zero-order valence-corrected chi connectivity index (χ0v) is 13.4. The molecule has 116 valence electrons. The summed E-state index contributed by atoms with van der Waals surface area (Å²) in [7, 11) is 1.33. The Bertz CT molecular complexity index is 982. The second kappa shape index (κ2) is 6.23. The fraction of sp³-hybridized carbons (Fsp3) is 0.154. The largest absolute Gasteiger partial charge is 0.465 e. The Kier molecular flexibility index (Phi) is 4.14. The van der Waals surface area contributed by atoms with Gasteiger partial charge in [-0.05, 0) is 6.07 Å². The lowest BCUT2D eigenvalue weighted by Crippen LogP contribution is -2.19. The molecule has 0 aromatic carbocycles. The monoisotopic (exact) mass is 347 g/mol. The average Bonchev–Trinajstić information content (AvgIpc) is 3.19. The third-order valence-electron chi connectivity index (χ3n) is 2.90. The molecular formula is C13H9N5O3S2. The molecule has 3 aromatic rings. The lowest BCUT2D eigenvalue weighted by atomic mass is 10.3. The number of nitrogens with one attached hydrogen (secondary N) is 1. The minimum atomic E-state index is -0.458. The van der Waals surface area contributed by atoms with Gasteiger partial charge < -0.3 is 4.74 Å². The topological polar surface area (TPSA) is 113 Å². The maximum Gasteiger partial charge on any atom is 0.350 e. The Balaban J connectivity index is 1.82. The smallest absolute Gasteiger partial charge is 0.350 e. The van der Waals surface area contributed by atoms with Crippen molar-refractivity contribution < 1.29 is 9.53 Å².